The van der Waals surface area contributed by atoms with Crippen molar-refractivity contribution in [1.82, 2.24) is 0 Å². The normalized spacial score (nSPS) is 27.6. The topological polar surface area (TPSA) is 90.2 Å². The van der Waals surface area contributed by atoms with E-state index in [2.05, 4.69) is 13.8 Å². The number of epoxide rings is 3. The molecular formula is C44H78O7. The quantitative estimate of drug-likeness (QED) is 0.0371. The number of ether oxygens (including phenoxy) is 5. The van der Waals surface area contributed by atoms with E-state index in [9.17, 15) is 9.59 Å². The summed E-state index contributed by atoms with van der Waals surface area (Å²) < 4.78 is 28.9. The first-order valence-electron chi connectivity index (χ1n) is 22.4. The van der Waals surface area contributed by atoms with Gasteiger partial charge in [0.1, 0.15) is 0 Å². The molecule has 0 amide bonds. The molecule has 4 rings (SSSR count). The van der Waals surface area contributed by atoms with Crippen LogP contribution in [0.2, 0.25) is 0 Å². The highest BCUT2D eigenvalue weighted by atomic mass is 16.6. The van der Waals surface area contributed by atoms with Gasteiger partial charge in [-0.1, -0.05) is 155 Å². The van der Waals surface area contributed by atoms with Crippen LogP contribution in [0.3, 0.4) is 0 Å². The zero-order valence-electron chi connectivity index (χ0n) is 33.1. The average molecular weight is 719 g/mol. The van der Waals surface area contributed by atoms with E-state index in [1.807, 2.05) is 0 Å². The van der Waals surface area contributed by atoms with Crippen molar-refractivity contribution >= 4 is 11.9 Å². The van der Waals surface area contributed by atoms with Gasteiger partial charge in [0.25, 0.3) is 0 Å². The van der Waals surface area contributed by atoms with Crippen LogP contribution in [0.4, 0.5) is 0 Å². The SMILES string of the molecule is CCCCCCCCCC1OC1CCCCCCCOC(=O)C1CC2OC2CC1C(=O)OCCCCCCCC1OC1CCCCCCCCC. The van der Waals surface area contributed by atoms with Gasteiger partial charge in [0.05, 0.1) is 61.7 Å². The van der Waals surface area contributed by atoms with Crippen molar-refractivity contribution in [2.75, 3.05) is 13.2 Å². The Labute approximate surface area is 312 Å². The summed E-state index contributed by atoms with van der Waals surface area (Å²) in [5, 5.41) is 0. The van der Waals surface area contributed by atoms with Gasteiger partial charge in [0.2, 0.25) is 0 Å². The van der Waals surface area contributed by atoms with Gasteiger partial charge < -0.3 is 23.7 Å². The maximum atomic E-state index is 13.0. The highest BCUT2D eigenvalue weighted by Gasteiger charge is 2.53. The number of carbonyl (C=O) groups is 2. The second-order valence-electron chi connectivity index (χ2n) is 16.6. The van der Waals surface area contributed by atoms with Crippen LogP contribution in [0.5, 0.6) is 0 Å². The van der Waals surface area contributed by atoms with Crippen LogP contribution < -0.4 is 0 Å². The van der Waals surface area contributed by atoms with E-state index in [4.69, 9.17) is 23.7 Å². The molecule has 0 aromatic rings. The fourth-order valence-corrected chi connectivity index (χ4v) is 8.44. The lowest BCUT2D eigenvalue weighted by Gasteiger charge is -2.26. The number of hydrogen-bond donors (Lipinski definition) is 0. The summed E-state index contributed by atoms with van der Waals surface area (Å²) in [6, 6.07) is 0. The van der Waals surface area contributed by atoms with Gasteiger partial charge in [-0.15, -0.1) is 0 Å². The van der Waals surface area contributed by atoms with Crippen LogP contribution in [0.25, 0.3) is 0 Å². The molecule has 296 valence electrons. The van der Waals surface area contributed by atoms with E-state index >= 15 is 0 Å². The van der Waals surface area contributed by atoms with Crippen molar-refractivity contribution < 1.29 is 33.3 Å². The molecule has 0 radical (unpaired) electrons. The maximum absolute atomic E-state index is 13.0. The molecule has 4 aliphatic rings. The Hall–Kier alpha value is -1.18. The van der Waals surface area contributed by atoms with Gasteiger partial charge in [-0.2, -0.15) is 0 Å². The van der Waals surface area contributed by atoms with Gasteiger partial charge in [0, 0.05) is 0 Å². The molecule has 0 aromatic carbocycles. The number of carbonyl (C=O) groups excluding carboxylic acids is 2. The van der Waals surface area contributed by atoms with E-state index < -0.39 is 11.8 Å². The lowest BCUT2D eigenvalue weighted by molar-refractivity contribution is -0.162. The fourth-order valence-electron chi connectivity index (χ4n) is 8.44. The van der Waals surface area contributed by atoms with Crippen molar-refractivity contribution in [2.24, 2.45) is 11.8 Å². The van der Waals surface area contributed by atoms with Crippen LogP contribution in [0, 0.1) is 11.8 Å². The summed E-state index contributed by atoms with van der Waals surface area (Å²) in [6.07, 6.45) is 38.5. The van der Waals surface area contributed by atoms with E-state index in [-0.39, 0.29) is 24.1 Å². The molecule has 0 bridgehead atoms. The Morgan fingerprint density at radius 1 is 0.412 bits per heavy atom. The smallest absolute Gasteiger partial charge is 0.309 e. The Kier molecular flexibility index (Phi) is 21.5. The third kappa shape index (κ3) is 18.1. The second kappa shape index (κ2) is 25.8. The molecule has 1 aliphatic carbocycles. The average Bonchev–Trinajstić information content (AvgIpc) is 4.05. The van der Waals surface area contributed by atoms with E-state index in [0.29, 0.717) is 50.5 Å². The molecule has 0 spiro atoms. The molecule has 3 heterocycles. The molecule has 51 heavy (non-hydrogen) atoms. The summed E-state index contributed by atoms with van der Waals surface area (Å²) in [7, 11) is 0. The van der Waals surface area contributed by atoms with Crippen molar-refractivity contribution in [3.8, 4) is 0 Å². The number of unbranched alkanes of at least 4 members (excludes halogenated alkanes) is 20. The molecular weight excluding hydrogens is 640 g/mol. The number of hydrogen-bond acceptors (Lipinski definition) is 7. The van der Waals surface area contributed by atoms with Crippen LogP contribution >= 0.6 is 0 Å². The fraction of sp³-hybridized carbons (Fsp3) is 0.955. The summed E-state index contributed by atoms with van der Waals surface area (Å²) in [5.41, 5.74) is 0. The van der Waals surface area contributed by atoms with Crippen molar-refractivity contribution in [3.63, 3.8) is 0 Å². The van der Waals surface area contributed by atoms with Gasteiger partial charge >= 0.3 is 11.9 Å². The molecule has 7 nitrogen and oxygen atoms in total. The number of rotatable bonds is 34. The van der Waals surface area contributed by atoms with E-state index in [1.54, 1.807) is 0 Å². The summed E-state index contributed by atoms with van der Waals surface area (Å²) in [6.45, 7) is 5.42. The molecule has 3 saturated heterocycles. The first-order valence-corrected chi connectivity index (χ1v) is 22.4. The van der Waals surface area contributed by atoms with Gasteiger partial charge in [0.15, 0.2) is 0 Å². The molecule has 1 saturated carbocycles. The summed E-state index contributed by atoms with van der Waals surface area (Å²) in [4.78, 5) is 26.1. The Balaban J connectivity index is 0.927. The lowest BCUT2D eigenvalue weighted by atomic mass is 9.79. The maximum Gasteiger partial charge on any atom is 0.309 e. The minimum atomic E-state index is -0.437. The minimum Gasteiger partial charge on any atom is -0.465 e. The molecule has 8 unspecified atom stereocenters. The Morgan fingerprint density at radius 2 is 0.706 bits per heavy atom. The second-order valence-corrected chi connectivity index (χ2v) is 16.6. The number of esters is 2. The summed E-state index contributed by atoms with van der Waals surface area (Å²) >= 11 is 0. The third-order valence-electron chi connectivity index (χ3n) is 12.1. The first-order chi connectivity index (χ1) is 25.1. The summed E-state index contributed by atoms with van der Waals surface area (Å²) in [5.74, 6) is -1.36. The van der Waals surface area contributed by atoms with E-state index in [1.165, 1.54) is 141 Å². The molecule has 7 heteroatoms. The van der Waals surface area contributed by atoms with Crippen molar-refractivity contribution in [3.05, 3.63) is 0 Å². The zero-order valence-corrected chi connectivity index (χ0v) is 33.1. The van der Waals surface area contributed by atoms with Gasteiger partial charge in [-0.3, -0.25) is 9.59 Å². The highest BCUT2D eigenvalue weighted by Crippen LogP contribution is 2.44. The van der Waals surface area contributed by atoms with Crippen LogP contribution in [-0.2, 0) is 33.3 Å². The number of fused-ring (bicyclic) bond motifs is 1. The molecule has 8 atom stereocenters. The van der Waals surface area contributed by atoms with Crippen LogP contribution in [0.1, 0.15) is 206 Å². The van der Waals surface area contributed by atoms with Gasteiger partial charge in [-0.25, -0.2) is 0 Å². The lowest BCUT2D eigenvalue weighted by Crippen LogP contribution is -2.37. The molecule has 3 aliphatic heterocycles. The van der Waals surface area contributed by atoms with Crippen LogP contribution in [-0.4, -0.2) is 61.8 Å². The Morgan fingerprint density at radius 3 is 1.04 bits per heavy atom. The third-order valence-corrected chi connectivity index (χ3v) is 12.1. The standard InChI is InChI=1S/C44H78O7/c1-3-5-7-9-11-15-21-27-37-39(49-37)29-23-17-13-19-25-31-47-43(45)35-33-41-42(51-41)34-36(35)44(46)48-32-26-20-14-18-24-30-40-38(50-40)28-22-16-12-10-8-6-4-2/h35-42H,3-34H2,1-2H3. The molecule has 4 fully saturated rings. The zero-order chi connectivity index (χ0) is 35.9. The van der Waals surface area contributed by atoms with Gasteiger partial charge in [-0.05, 0) is 51.4 Å². The predicted octanol–water partition coefficient (Wildman–Crippen LogP) is 11.4. The Bertz CT molecular complexity index is 853. The minimum absolute atomic E-state index is 0.105. The highest BCUT2D eigenvalue weighted by molar-refractivity contribution is 5.82. The van der Waals surface area contributed by atoms with Crippen molar-refractivity contribution in [1.29, 1.82) is 0 Å². The predicted molar refractivity (Wildman–Crippen MR) is 205 cm³/mol. The molecule has 0 N–H and O–H groups in total. The molecule has 0 aromatic heterocycles. The van der Waals surface area contributed by atoms with Crippen LogP contribution in [0.15, 0.2) is 0 Å². The first kappa shape index (κ1) is 42.6. The van der Waals surface area contributed by atoms with Crippen molar-refractivity contribution in [2.45, 2.75) is 243 Å². The van der Waals surface area contributed by atoms with E-state index in [0.717, 1.165) is 38.5 Å². The monoisotopic (exact) mass is 719 g/mol. The largest absolute Gasteiger partial charge is 0.465 e.